The van der Waals surface area contributed by atoms with E-state index in [1.165, 1.54) is 0 Å². The Bertz CT molecular complexity index is 1210. The first-order valence-corrected chi connectivity index (χ1v) is 9.15. The van der Waals surface area contributed by atoms with Crippen molar-refractivity contribution in [3.8, 4) is 34.1 Å². The highest BCUT2D eigenvalue weighted by Gasteiger charge is 2.12. The van der Waals surface area contributed by atoms with Crippen LogP contribution in [0.4, 0.5) is 0 Å². The molecule has 0 radical (unpaired) electrons. The quantitative estimate of drug-likeness (QED) is 0.546. The molecule has 28 heavy (non-hydrogen) atoms. The van der Waals surface area contributed by atoms with Crippen LogP contribution < -0.4 is 0 Å². The van der Waals surface area contributed by atoms with Crippen LogP contribution in [0.3, 0.4) is 0 Å². The predicted molar refractivity (Wildman–Crippen MR) is 111 cm³/mol. The molecule has 3 aromatic heterocycles. The van der Waals surface area contributed by atoms with Crippen LogP contribution in [0, 0.1) is 18.8 Å². The Hall–Kier alpha value is -3.36. The maximum Gasteiger partial charge on any atom is 0.120 e. The molecule has 5 heteroatoms. The summed E-state index contributed by atoms with van der Waals surface area (Å²) >= 11 is 0. The standard InChI is InChI=1S/C23H22N4O/c1-16-20(14-24-26(16)4)17-7-9-18(10-8-17)21-15-25-27-13-5-6-19(22(21)27)11-12-23(2,3)28/h5-10,13-15,28H,1-4H3. The van der Waals surface area contributed by atoms with Crippen molar-refractivity contribution < 1.29 is 5.11 Å². The molecule has 0 spiro atoms. The first kappa shape index (κ1) is 18.0. The number of nitrogens with zero attached hydrogens (tertiary/aromatic N) is 4. The zero-order valence-corrected chi connectivity index (χ0v) is 16.4. The molecule has 0 saturated carbocycles. The van der Waals surface area contributed by atoms with E-state index in [-0.39, 0.29) is 0 Å². The number of pyridine rings is 1. The normalized spacial score (nSPS) is 11.5. The highest BCUT2D eigenvalue weighted by molar-refractivity contribution is 5.85. The molecular weight excluding hydrogens is 348 g/mol. The second kappa shape index (κ2) is 6.66. The minimum absolute atomic E-state index is 0.837. The SMILES string of the molecule is Cc1c(-c2ccc(-c3cnn4cccc(C#CC(C)(C)O)c34)cc2)cnn1C. The van der Waals surface area contributed by atoms with Crippen molar-refractivity contribution >= 4 is 5.52 Å². The molecule has 4 rings (SSSR count). The predicted octanol–water partition coefficient (Wildman–Crippen LogP) is 3.83. The van der Waals surface area contributed by atoms with Crippen molar-refractivity contribution in [2.45, 2.75) is 26.4 Å². The topological polar surface area (TPSA) is 55.4 Å². The van der Waals surface area contributed by atoms with Crippen LogP contribution in [0.2, 0.25) is 0 Å². The fourth-order valence-corrected chi connectivity index (χ4v) is 3.19. The summed E-state index contributed by atoms with van der Waals surface area (Å²) in [5.74, 6) is 5.99. The third-order valence-electron chi connectivity index (χ3n) is 4.79. The number of hydrogen-bond donors (Lipinski definition) is 1. The van der Waals surface area contributed by atoms with E-state index in [0.29, 0.717) is 0 Å². The van der Waals surface area contributed by atoms with Gasteiger partial charge in [0.2, 0.25) is 0 Å². The lowest BCUT2D eigenvalue weighted by Crippen LogP contribution is -2.14. The molecule has 5 nitrogen and oxygen atoms in total. The lowest BCUT2D eigenvalue weighted by Gasteiger charge is -2.07. The Morgan fingerprint density at radius 3 is 2.21 bits per heavy atom. The fourth-order valence-electron chi connectivity index (χ4n) is 3.19. The third-order valence-corrected chi connectivity index (χ3v) is 4.79. The Morgan fingerprint density at radius 1 is 0.964 bits per heavy atom. The van der Waals surface area contributed by atoms with E-state index < -0.39 is 5.60 Å². The molecule has 140 valence electrons. The Morgan fingerprint density at radius 2 is 1.61 bits per heavy atom. The summed E-state index contributed by atoms with van der Waals surface area (Å²) in [7, 11) is 1.95. The number of aromatic nitrogens is 4. The Kier molecular flexibility index (Phi) is 4.29. The van der Waals surface area contributed by atoms with E-state index in [1.54, 1.807) is 13.8 Å². The van der Waals surface area contributed by atoms with Crippen LogP contribution in [0.25, 0.3) is 27.8 Å². The average molecular weight is 370 g/mol. The van der Waals surface area contributed by atoms with Crippen LogP contribution in [0.15, 0.2) is 55.0 Å². The van der Waals surface area contributed by atoms with E-state index in [2.05, 4.69) is 53.2 Å². The lowest BCUT2D eigenvalue weighted by atomic mass is 10.0. The molecule has 4 aromatic rings. The van der Waals surface area contributed by atoms with Crippen LogP contribution in [0.1, 0.15) is 25.1 Å². The minimum Gasteiger partial charge on any atom is -0.378 e. The van der Waals surface area contributed by atoms with Gasteiger partial charge in [-0.2, -0.15) is 10.2 Å². The Labute approximate surface area is 164 Å². The van der Waals surface area contributed by atoms with Crippen molar-refractivity contribution in [3.05, 3.63) is 66.2 Å². The summed E-state index contributed by atoms with van der Waals surface area (Å²) in [5.41, 5.74) is 6.20. The zero-order chi connectivity index (χ0) is 19.9. The van der Waals surface area contributed by atoms with Gasteiger partial charge in [0, 0.05) is 30.1 Å². The molecule has 0 saturated heterocycles. The molecule has 1 aromatic carbocycles. The maximum absolute atomic E-state index is 9.95. The summed E-state index contributed by atoms with van der Waals surface area (Å²) < 4.78 is 3.70. The molecule has 0 aliphatic carbocycles. The molecule has 0 unspecified atom stereocenters. The van der Waals surface area contributed by atoms with Gasteiger partial charge in [-0.15, -0.1) is 0 Å². The first-order valence-electron chi connectivity index (χ1n) is 9.15. The summed E-state index contributed by atoms with van der Waals surface area (Å²) in [4.78, 5) is 0. The van der Waals surface area contributed by atoms with Gasteiger partial charge in [-0.1, -0.05) is 36.1 Å². The summed E-state index contributed by atoms with van der Waals surface area (Å²) in [6.45, 7) is 5.42. The van der Waals surface area contributed by atoms with E-state index in [0.717, 1.165) is 39.0 Å². The zero-order valence-electron chi connectivity index (χ0n) is 16.4. The highest BCUT2D eigenvalue weighted by Crippen LogP contribution is 2.30. The van der Waals surface area contributed by atoms with Crippen LogP contribution in [0.5, 0.6) is 0 Å². The summed E-state index contributed by atoms with van der Waals surface area (Å²) in [6, 6.07) is 12.3. The van der Waals surface area contributed by atoms with Crippen molar-refractivity contribution in [1.29, 1.82) is 0 Å². The van der Waals surface area contributed by atoms with Crippen LogP contribution in [-0.2, 0) is 7.05 Å². The van der Waals surface area contributed by atoms with Gasteiger partial charge in [-0.25, -0.2) is 4.52 Å². The van der Waals surface area contributed by atoms with Gasteiger partial charge in [0.1, 0.15) is 5.60 Å². The lowest BCUT2D eigenvalue weighted by molar-refractivity contribution is 0.143. The maximum atomic E-state index is 9.95. The second-order valence-corrected chi connectivity index (χ2v) is 7.43. The van der Waals surface area contributed by atoms with Gasteiger partial charge < -0.3 is 5.11 Å². The molecule has 0 fully saturated rings. The van der Waals surface area contributed by atoms with E-state index in [1.807, 2.05) is 47.0 Å². The van der Waals surface area contributed by atoms with Gasteiger partial charge in [-0.3, -0.25) is 4.68 Å². The monoisotopic (exact) mass is 370 g/mol. The molecule has 0 bridgehead atoms. The smallest absolute Gasteiger partial charge is 0.120 e. The first-order chi connectivity index (χ1) is 13.3. The van der Waals surface area contributed by atoms with Gasteiger partial charge in [-0.05, 0) is 44.0 Å². The molecule has 0 atom stereocenters. The van der Waals surface area contributed by atoms with Crippen molar-refractivity contribution in [1.82, 2.24) is 19.4 Å². The van der Waals surface area contributed by atoms with E-state index in [9.17, 15) is 5.11 Å². The van der Waals surface area contributed by atoms with Gasteiger partial charge in [0.15, 0.2) is 0 Å². The molecule has 0 aliphatic rings. The number of rotatable bonds is 2. The summed E-state index contributed by atoms with van der Waals surface area (Å²) in [6.07, 6.45) is 5.65. The number of hydrogen-bond acceptors (Lipinski definition) is 3. The summed E-state index contributed by atoms with van der Waals surface area (Å²) in [5, 5.41) is 18.7. The van der Waals surface area contributed by atoms with E-state index in [4.69, 9.17) is 0 Å². The largest absolute Gasteiger partial charge is 0.378 e. The average Bonchev–Trinajstić information content (AvgIpc) is 3.24. The van der Waals surface area contributed by atoms with Crippen molar-refractivity contribution in [2.24, 2.45) is 7.05 Å². The fraction of sp³-hybridized carbons (Fsp3) is 0.217. The second-order valence-electron chi connectivity index (χ2n) is 7.43. The molecule has 3 heterocycles. The molecule has 0 amide bonds. The van der Waals surface area contributed by atoms with Crippen LogP contribution in [-0.4, -0.2) is 30.1 Å². The van der Waals surface area contributed by atoms with Gasteiger partial charge >= 0.3 is 0 Å². The van der Waals surface area contributed by atoms with Gasteiger partial charge in [0.05, 0.1) is 23.5 Å². The third kappa shape index (κ3) is 3.30. The molecule has 0 aliphatic heterocycles. The number of benzene rings is 1. The Balaban J connectivity index is 1.79. The number of aryl methyl sites for hydroxylation is 1. The number of aliphatic hydroxyl groups is 1. The molecular formula is C23H22N4O. The molecule has 1 N–H and O–H groups in total. The van der Waals surface area contributed by atoms with Crippen molar-refractivity contribution in [2.75, 3.05) is 0 Å². The van der Waals surface area contributed by atoms with Crippen LogP contribution >= 0.6 is 0 Å². The highest BCUT2D eigenvalue weighted by atomic mass is 16.3. The number of fused-ring (bicyclic) bond motifs is 1. The minimum atomic E-state index is -1.05. The van der Waals surface area contributed by atoms with E-state index >= 15 is 0 Å². The van der Waals surface area contributed by atoms with Gasteiger partial charge in [0.25, 0.3) is 0 Å². The van der Waals surface area contributed by atoms with Crippen molar-refractivity contribution in [3.63, 3.8) is 0 Å².